The van der Waals surface area contributed by atoms with Gasteiger partial charge in [-0.3, -0.25) is 4.79 Å². The van der Waals surface area contributed by atoms with Crippen molar-refractivity contribution in [1.82, 2.24) is 15.2 Å². The highest BCUT2D eigenvalue weighted by Crippen LogP contribution is 2.22. The van der Waals surface area contributed by atoms with Crippen molar-refractivity contribution < 1.29 is 4.79 Å². The van der Waals surface area contributed by atoms with E-state index in [4.69, 9.17) is 0 Å². The minimum Gasteiger partial charge on any atom is -0.349 e. The molecule has 0 spiro atoms. The Labute approximate surface area is 125 Å². The Kier molecular flexibility index (Phi) is 5.16. The van der Waals surface area contributed by atoms with Gasteiger partial charge in [-0.15, -0.1) is 0 Å². The van der Waals surface area contributed by atoms with Crippen LogP contribution in [0.3, 0.4) is 0 Å². The maximum absolute atomic E-state index is 12.4. The summed E-state index contributed by atoms with van der Waals surface area (Å²) in [5.74, 6) is 0.0376. The summed E-state index contributed by atoms with van der Waals surface area (Å²) in [6.45, 7) is 7.03. The fourth-order valence-electron chi connectivity index (χ4n) is 2.45. The molecule has 5 heteroatoms. The summed E-state index contributed by atoms with van der Waals surface area (Å²) in [4.78, 5) is 12.4. The molecule has 0 aromatic carbocycles. The number of nitrogens with zero attached hydrogens (tertiary/aromatic N) is 1. The quantitative estimate of drug-likeness (QED) is 0.876. The summed E-state index contributed by atoms with van der Waals surface area (Å²) in [5, 5.41) is 6.42. The molecular weight excluding hydrogens is 270 g/mol. The second-order valence-corrected chi connectivity index (χ2v) is 7.44. The lowest BCUT2D eigenvalue weighted by atomic mass is 10.1. The molecule has 2 N–H and O–H groups in total. The van der Waals surface area contributed by atoms with E-state index in [1.165, 1.54) is 0 Å². The monoisotopic (exact) mass is 295 g/mol. The van der Waals surface area contributed by atoms with Crippen molar-refractivity contribution in [2.45, 2.75) is 37.5 Å². The summed E-state index contributed by atoms with van der Waals surface area (Å²) >= 11 is 1.77. The van der Waals surface area contributed by atoms with Crippen LogP contribution in [0.2, 0.25) is 0 Å². The molecule has 2 rings (SSSR count). The third-order valence-corrected chi connectivity index (χ3v) is 5.19. The lowest BCUT2D eigenvalue weighted by Crippen LogP contribution is -2.38. The average molecular weight is 295 g/mol. The van der Waals surface area contributed by atoms with Crippen LogP contribution < -0.4 is 10.6 Å². The second-order valence-electron chi connectivity index (χ2n) is 5.93. The SMILES string of the molecule is CSC(C)(C)CNC(=O)c1cccn1C1CCNCC1. The van der Waals surface area contributed by atoms with Gasteiger partial charge in [-0.25, -0.2) is 0 Å². The molecule has 0 bridgehead atoms. The summed E-state index contributed by atoms with van der Waals surface area (Å²) in [6, 6.07) is 4.33. The molecule has 1 saturated heterocycles. The predicted octanol–water partition coefficient (Wildman–Crippen LogP) is 2.28. The predicted molar refractivity (Wildman–Crippen MR) is 85.5 cm³/mol. The first-order valence-corrected chi connectivity index (χ1v) is 8.47. The number of aromatic nitrogens is 1. The highest BCUT2D eigenvalue weighted by molar-refractivity contribution is 7.99. The molecule has 1 aromatic rings. The highest BCUT2D eigenvalue weighted by atomic mass is 32.2. The Morgan fingerprint density at radius 2 is 2.20 bits per heavy atom. The zero-order chi connectivity index (χ0) is 14.6. The van der Waals surface area contributed by atoms with E-state index in [1.807, 2.05) is 18.3 Å². The van der Waals surface area contributed by atoms with Gasteiger partial charge in [0.2, 0.25) is 0 Å². The van der Waals surface area contributed by atoms with E-state index >= 15 is 0 Å². The van der Waals surface area contributed by atoms with Crippen LogP contribution in [-0.4, -0.2) is 41.1 Å². The zero-order valence-corrected chi connectivity index (χ0v) is 13.4. The third kappa shape index (κ3) is 3.79. The molecule has 112 valence electrons. The number of hydrogen-bond acceptors (Lipinski definition) is 3. The van der Waals surface area contributed by atoms with Crippen LogP contribution in [0.1, 0.15) is 43.2 Å². The average Bonchev–Trinajstić information content (AvgIpc) is 2.95. The van der Waals surface area contributed by atoms with E-state index in [9.17, 15) is 4.79 Å². The highest BCUT2D eigenvalue weighted by Gasteiger charge is 2.22. The maximum atomic E-state index is 12.4. The van der Waals surface area contributed by atoms with Gasteiger partial charge in [-0.2, -0.15) is 11.8 Å². The van der Waals surface area contributed by atoms with Crippen LogP contribution in [0.5, 0.6) is 0 Å². The van der Waals surface area contributed by atoms with Crippen molar-refractivity contribution in [1.29, 1.82) is 0 Å². The first-order chi connectivity index (χ1) is 9.53. The summed E-state index contributed by atoms with van der Waals surface area (Å²) < 4.78 is 2.21. The van der Waals surface area contributed by atoms with E-state index < -0.39 is 0 Å². The molecule has 20 heavy (non-hydrogen) atoms. The van der Waals surface area contributed by atoms with E-state index in [1.54, 1.807) is 11.8 Å². The van der Waals surface area contributed by atoms with Crippen LogP contribution in [0, 0.1) is 0 Å². The minimum absolute atomic E-state index is 0.0376. The maximum Gasteiger partial charge on any atom is 0.267 e. The van der Waals surface area contributed by atoms with Gasteiger partial charge in [0.05, 0.1) is 0 Å². The van der Waals surface area contributed by atoms with Crippen LogP contribution in [0.4, 0.5) is 0 Å². The molecule has 0 radical (unpaired) electrons. The van der Waals surface area contributed by atoms with Gasteiger partial charge >= 0.3 is 0 Å². The molecule has 0 atom stereocenters. The van der Waals surface area contributed by atoms with E-state index in [2.05, 4.69) is 35.3 Å². The van der Waals surface area contributed by atoms with E-state index in [0.29, 0.717) is 12.6 Å². The molecule has 4 nitrogen and oxygen atoms in total. The Balaban J connectivity index is 2.01. The lowest BCUT2D eigenvalue weighted by molar-refractivity contribution is 0.0938. The smallest absolute Gasteiger partial charge is 0.267 e. The normalized spacial score (nSPS) is 17.1. The van der Waals surface area contributed by atoms with Crippen molar-refractivity contribution in [3.05, 3.63) is 24.0 Å². The molecule has 1 aliphatic rings. The van der Waals surface area contributed by atoms with Crippen molar-refractivity contribution in [2.75, 3.05) is 25.9 Å². The number of carbonyl (C=O) groups excluding carboxylic acids is 1. The van der Waals surface area contributed by atoms with Gasteiger partial charge in [-0.1, -0.05) is 0 Å². The number of amides is 1. The molecule has 1 aromatic heterocycles. The number of thioether (sulfide) groups is 1. The van der Waals surface area contributed by atoms with Gasteiger partial charge in [0.15, 0.2) is 0 Å². The number of piperidine rings is 1. The summed E-state index contributed by atoms with van der Waals surface area (Å²) in [6.07, 6.45) is 6.28. The molecular formula is C15H25N3OS. The van der Waals surface area contributed by atoms with Crippen LogP contribution >= 0.6 is 11.8 Å². The number of nitrogens with one attached hydrogen (secondary N) is 2. The van der Waals surface area contributed by atoms with E-state index in [-0.39, 0.29) is 10.7 Å². The third-order valence-electron chi connectivity index (χ3n) is 3.94. The molecule has 0 aliphatic carbocycles. The van der Waals surface area contributed by atoms with Crippen LogP contribution in [0.15, 0.2) is 18.3 Å². The van der Waals surface area contributed by atoms with Crippen LogP contribution in [0.25, 0.3) is 0 Å². The minimum atomic E-state index is 0.0376. The first-order valence-electron chi connectivity index (χ1n) is 7.24. The molecule has 1 aliphatic heterocycles. The lowest BCUT2D eigenvalue weighted by Gasteiger charge is -2.26. The fraction of sp³-hybridized carbons (Fsp3) is 0.667. The fourth-order valence-corrected chi connectivity index (χ4v) is 2.66. The van der Waals surface area contributed by atoms with Gasteiger partial charge in [0, 0.05) is 23.5 Å². The standard InChI is InChI=1S/C15H25N3OS/c1-15(2,20-3)11-17-14(19)13-5-4-10-18(13)12-6-8-16-9-7-12/h4-5,10,12,16H,6-9,11H2,1-3H3,(H,17,19). The first kappa shape index (κ1) is 15.4. The number of rotatable bonds is 5. The number of carbonyl (C=O) groups is 1. The van der Waals surface area contributed by atoms with Crippen molar-refractivity contribution in [3.63, 3.8) is 0 Å². The Morgan fingerprint density at radius 1 is 1.50 bits per heavy atom. The van der Waals surface area contributed by atoms with Gasteiger partial charge < -0.3 is 15.2 Å². The van der Waals surface area contributed by atoms with Gasteiger partial charge in [-0.05, 0) is 58.2 Å². The van der Waals surface area contributed by atoms with Gasteiger partial charge in [0.1, 0.15) is 5.69 Å². The van der Waals surface area contributed by atoms with Crippen molar-refractivity contribution in [2.24, 2.45) is 0 Å². The van der Waals surface area contributed by atoms with Crippen molar-refractivity contribution >= 4 is 17.7 Å². The molecule has 1 fully saturated rings. The molecule has 0 saturated carbocycles. The van der Waals surface area contributed by atoms with Crippen LogP contribution in [-0.2, 0) is 0 Å². The molecule has 2 heterocycles. The van der Waals surface area contributed by atoms with Gasteiger partial charge in [0.25, 0.3) is 5.91 Å². The second kappa shape index (κ2) is 6.68. The summed E-state index contributed by atoms with van der Waals surface area (Å²) in [5.41, 5.74) is 0.786. The van der Waals surface area contributed by atoms with Crippen molar-refractivity contribution in [3.8, 4) is 0 Å². The largest absolute Gasteiger partial charge is 0.349 e. The van der Waals surface area contributed by atoms with E-state index in [0.717, 1.165) is 31.6 Å². The number of hydrogen-bond donors (Lipinski definition) is 2. The Bertz CT molecular complexity index is 450. The Hall–Kier alpha value is -0.940. The zero-order valence-electron chi connectivity index (χ0n) is 12.6. The molecule has 0 unspecified atom stereocenters. The topological polar surface area (TPSA) is 46.1 Å². The molecule has 1 amide bonds. The summed E-state index contributed by atoms with van der Waals surface area (Å²) in [7, 11) is 0. The Morgan fingerprint density at radius 3 is 2.85 bits per heavy atom.